The molecule has 1 N–H and O–H groups in total. The van der Waals surface area contributed by atoms with Crippen molar-refractivity contribution >= 4 is 27.7 Å². The SMILES string of the molecule is Cc1ccc(Cn2cnc3c(cnn3CCNC(=O)COc3ccc4ccccc4c3)c2=O)cc1. The van der Waals surface area contributed by atoms with Gasteiger partial charge in [-0.1, -0.05) is 60.2 Å². The van der Waals surface area contributed by atoms with Crippen LogP contribution in [-0.4, -0.2) is 38.4 Å². The zero-order chi connectivity index (χ0) is 24.2. The van der Waals surface area contributed by atoms with Crippen LogP contribution in [0.2, 0.25) is 0 Å². The first-order valence-corrected chi connectivity index (χ1v) is 11.4. The Balaban J connectivity index is 1.16. The van der Waals surface area contributed by atoms with E-state index in [1.807, 2.05) is 73.7 Å². The van der Waals surface area contributed by atoms with Crippen molar-refractivity contribution in [3.05, 3.63) is 101 Å². The van der Waals surface area contributed by atoms with Gasteiger partial charge in [-0.2, -0.15) is 5.10 Å². The lowest BCUT2D eigenvalue weighted by Crippen LogP contribution is -2.31. The predicted molar refractivity (Wildman–Crippen MR) is 135 cm³/mol. The highest BCUT2D eigenvalue weighted by atomic mass is 16.5. The van der Waals surface area contributed by atoms with Crippen molar-refractivity contribution in [1.82, 2.24) is 24.6 Å². The fraction of sp³-hybridized carbons (Fsp3) is 0.185. The summed E-state index contributed by atoms with van der Waals surface area (Å²) < 4.78 is 8.82. The van der Waals surface area contributed by atoms with E-state index >= 15 is 0 Å². The summed E-state index contributed by atoms with van der Waals surface area (Å²) in [5.74, 6) is 0.408. The van der Waals surface area contributed by atoms with Gasteiger partial charge in [-0.05, 0) is 35.4 Å². The average molecular weight is 468 g/mol. The lowest BCUT2D eigenvalue weighted by atomic mass is 10.1. The third-order valence-electron chi connectivity index (χ3n) is 5.83. The molecule has 0 spiro atoms. The van der Waals surface area contributed by atoms with Crippen LogP contribution in [0.3, 0.4) is 0 Å². The highest BCUT2D eigenvalue weighted by molar-refractivity contribution is 5.84. The number of rotatable bonds is 8. The predicted octanol–water partition coefficient (Wildman–Crippen LogP) is 3.30. The maximum Gasteiger partial charge on any atom is 0.264 e. The van der Waals surface area contributed by atoms with E-state index in [-0.39, 0.29) is 18.1 Å². The maximum absolute atomic E-state index is 12.9. The Morgan fingerprint density at radius 3 is 2.66 bits per heavy atom. The minimum absolute atomic E-state index is 0.0832. The molecule has 0 aliphatic heterocycles. The minimum Gasteiger partial charge on any atom is -0.484 e. The molecule has 8 nitrogen and oxygen atoms in total. The van der Waals surface area contributed by atoms with E-state index in [9.17, 15) is 9.59 Å². The molecule has 176 valence electrons. The number of nitrogens with zero attached hydrogens (tertiary/aromatic N) is 4. The van der Waals surface area contributed by atoms with Crippen LogP contribution in [0.25, 0.3) is 21.8 Å². The molecular weight excluding hydrogens is 442 g/mol. The molecule has 5 rings (SSSR count). The van der Waals surface area contributed by atoms with Gasteiger partial charge in [0.05, 0.1) is 19.3 Å². The Morgan fingerprint density at radius 2 is 1.83 bits per heavy atom. The van der Waals surface area contributed by atoms with Gasteiger partial charge in [-0.25, -0.2) is 9.67 Å². The number of hydrogen-bond donors (Lipinski definition) is 1. The van der Waals surface area contributed by atoms with Gasteiger partial charge in [-0.15, -0.1) is 0 Å². The smallest absolute Gasteiger partial charge is 0.264 e. The standard InChI is InChI=1S/C27H25N5O3/c1-19-6-8-20(9-7-19)16-31-18-29-26-24(27(31)34)15-30-32(26)13-12-28-25(33)17-35-23-11-10-21-4-2-3-5-22(21)14-23/h2-11,14-15,18H,12-13,16-17H2,1H3,(H,28,33). The van der Waals surface area contributed by atoms with Crippen molar-refractivity contribution in [3.63, 3.8) is 0 Å². The molecular formula is C27H25N5O3. The average Bonchev–Trinajstić information content (AvgIpc) is 3.29. The van der Waals surface area contributed by atoms with Crippen LogP contribution in [0.1, 0.15) is 11.1 Å². The summed E-state index contributed by atoms with van der Waals surface area (Å²) in [6.45, 7) is 3.11. The van der Waals surface area contributed by atoms with Gasteiger partial charge in [0.1, 0.15) is 17.5 Å². The molecule has 0 radical (unpaired) electrons. The van der Waals surface area contributed by atoms with E-state index in [1.165, 1.54) is 11.8 Å². The molecule has 1 amide bonds. The first-order chi connectivity index (χ1) is 17.1. The van der Waals surface area contributed by atoms with Crippen molar-refractivity contribution in [2.24, 2.45) is 0 Å². The van der Waals surface area contributed by atoms with Crippen molar-refractivity contribution < 1.29 is 9.53 Å². The summed E-state index contributed by atoms with van der Waals surface area (Å²) in [5, 5.41) is 9.74. The van der Waals surface area contributed by atoms with Crippen molar-refractivity contribution in [2.75, 3.05) is 13.2 Å². The number of fused-ring (bicyclic) bond motifs is 2. The molecule has 0 fully saturated rings. The molecule has 2 heterocycles. The number of hydrogen-bond acceptors (Lipinski definition) is 5. The number of ether oxygens (including phenoxy) is 1. The second-order valence-electron chi connectivity index (χ2n) is 8.42. The molecule has 35 heavy (non-hydrogen) atoms. The lowest BCUT2D eigenvalue weighted by molar-refractivity contribution is -0.123. The van der Waals surface area contributed by atoms with Crippen LogP contribution >= 0.6 is 0 Å². The molecule has 2 aromatic heterocycles. The van der Waals surface area contributed by atoms with Crippen LogP contribution in [0.5, 0.6) is 5.75 Å². The summed E-state index contributed by atoms with van der Waals surface area (Å²) in [4.78, 5) is 29.6. The number of nitrogens with one attached hydrogen (secondary N) is 1. The third-order valence-corrected chi connectivity index (χ3v) is 5.83. The summed E-state index contributed by atoms with van der Waals surface area (Å²) >= 11 is 0. The molecule has 3 aromatic carbocycles. The Hall–Kier alpha value is -4.46. The van der Waals surface area contributed by atoms with Gasteiger partial charge in [-0.3, -0.25) is 14.2 Å². The second kappa shape index (κ2) is 9.80. The summed E-state index contributed by atoms with van der Waals surface area (Å²) in [5.41, 5.74) is 2.55. The fourth-order valence-electron chi connectivity index (χ4n) is 3.92. The second-order valence-corrected chi connectivity index (χ2v) is 8.42. The molecule has 5 aromatic rings. The number of carbonyl (C=O) groups excluding carboxylic acids is 1. The summed E-state index contributed by atoms with van der Waals surface area (Å²) in [6.07, 6.45) is 3.07. The minimum atomic E-state index is -0.233. The molecule has 8 heteroatoms. The Bertz CT molecular complexity index is 1550. The van der Waals surface area contributed by atoms with Crippen LogP contribution < -0.4 is 15.6 Å². The fourth-order valence-corrected chi connectivity index (χ4v) is 3.92. The van der Waals surface area contributed by atoms with Crippen LogP contribution in [-0.2, 0) is 17.9 Å². The largest absolute Gasteiger partial charge is 0.484 e. The lowest BCUT2D eigenvalue weighted by Gasteiger charge is -2.09. The summed E-state index contributed by atoms with van der Waals surface area (Å²) in [6, 6.07) is 21.7. The van der Waals surface area contributed by atoms with Crippen molar-refractivity contribution in [1.29, 1.82) is 0 Å². The van der Waals surface area contributed by atoms with Gasteiger partial charge in [0.2, 0.25) is 0 Å². The van der Waals surface area contributed by atoms with E-state index in [1.54, 1.807) is 15.6 Å². The number of amides is 1. The van der Waals surface area contributed by atoms with Gasteiger partial charge >= 0.3 is 0 Å². The molecule has 0 bridgehead atoms. The molecule has 0 saturated carbocycles. The van der Waals surface area contributed by atoms with E-state index < -0.39 is 0 Å². The van der Waals surface area contributed by atoms with E-state index in [4.69, 9.17) is 4.74 Å². The van der Waals surface area contributed by atoms with Crippen LogP contribution in [0.15, 0.2) is 84.0 Å². The first-order valence-electron chi connectivity index (χ1n) is 11.4. The molecule has 0 atom stereocenters. The number of benzene rings is 3. The molecule has 0 aliphatic carbocycles. The molecule has 0 saturated heterocycles. The van der Waals surface area contributed by atoms with E-state index in [0.29, 0.717) is 36.4 Å². The quantitative estimate of drug-likeness (QED) is 0.378. The number of carbonyl (C=O) groups is 1. The van der Waals surface area contributed by atoms with Gasteiger partial charge in [0.15, 0.2) is 12.3 Å². The highest BCUT2D eigenvalue weighted by Crippen LogP contribution is 2.20. The van der Waals surface area contributed by atoms with Crippen molar-refractivity contribution in [3.8, 4) is 5.75 Å². The number of aromatic nitrogens is 4. The van der Waals surface area contributed by atoms with Crippen LogP contribution in [0.4, 0.5) is 0 Å². The topological polar surface area (TPSA) is 91.0 Å². The molecule has 0 unspecified atom stereocenters. The van der Waals surface area contributed by atoms with Crippen molar-refractivity contribution in [2.45, 2.75) is 20.0 Å². The zero-order valence-electron chi connectivity index (χ0n) is 19.3. The molecule has 0 aliphatic rings. The maximum atomic E-state index is 12.9. The zero-order valence-corrected chi connectivity index (χ0v) is 19.3. The Labute approximate surface area is 201 Å². The highest BCUT2D eigenvalue weighted by Gasteiger charge is 2.11. The van der Waals surface area contributed by atoms with Gasteiger partial charge in [0.25, 0.3) is 11.5 Å². The Kier molecular flexibility index (Phi) is 6.26. The third kappa shape index (κ3) is 5.06. The first kappa shape index (κ1) is 22.3. The summed E-state index contributed by atoms with van der Waals surface area (Å²) in [7, 11) is 0. The monoisotopic (exact) mass is 467 g/mol. The number of aryl methyl sites for hydroxylation is 1. The van der Waals surface area contributed by atoms with E-state index in [0.717, 1.165) is 16.3 Å². The van der Waals surface area contributed by atoms with Gasteiger partial charge in [0, 0.05) is 6.54 Å². The normalized spacial score (nSPS) is 11.1. The Morgan fingerprint density at radius 1 is 1.03 bits per heavy atom. The van der Waals surface area contributed by atoms with E-state index in [2.05, 4.69) is 15.4 Å². The van der Waals surface area contributed by atoms with Crippen LogP contribution in [0, 0.1) is 6.92 Å². The van der Waals surface area contributed by atoms with Gasteiger partial charge < -0.3 is 10.1 Å².